The first-order chi connectivity index (χ1) is 9.33. The van der Waals surface area contributed by atoms with E-state index in [1.807, 2.05) is 21.6 Å². The van der Waals surface area contributed by atoms with Gasteiger partial charge in [-0.3, -0.25) is 4.68 Å². The van der Waals surface area contributed by atoms with Crippen molar-refractivity contribution in [3.63, 3.8) is 0 Å². The molecule has 0 bridgehead atoms. The van der Waals surface area contributed by atoms with Gasteiger partial charge in [-0.1, -0.05) is 0 Å². The van der Waals surface area contributed by atoms with E-state index < -0.39 is 0 Å². The highest BCUT2D eigenvalue weighted by Gasteiger charge is 2.04. The van der Waals surface area contributed by atoms with Gasteiger partial charge in [-0.15, -0.1) is 0 Å². The van der Waals surface area contributed by atoms with E-state index in [0.29, 0.717) is 13.2 Å². The van der Waals surface area contributed by atoms with E-state index >= 15 is 0 Å². The third-order valence-corrected chi connectivity index (χ3v) is 2.67. The van der Waals surface area contributed by atoms with Crippen LogP contribution in [0.15, 0.2) is 24.8 Å². The molecule has 0 aromatic carbocycles. The maximum absolute atomic E-state index is 5.06. The van der Waals surface area contributed by atoms with Crippen LogP contribution in [0.4, 0.5) is 11.6 Å². The largest absolute Gasteiger partial charge is 0.383 e. The number of imidazole rings is 1. The minimum absolute atomic E-state index is 0.642. The van der Waals surface area contributed by atoms with Crippen LogP contribution in [0.3, 0.4) is 0 Å². The molecule has 2 aromatic rings. The van der Waals surface area contributed by atoms with Gasteiger partial charge in [-0.25, -0.2) is 4.98 Å². The summed E-state index contributed by atoms with van der Waals surface area (Å²) in [5.41, 5.74) is 0.904. The number of hydrogen-bond donors (Lipinski definition) is 1. The average molecular weight is 265 g/mol. The van der Waals surface area contributed by atoms with E-state index in [1.54, 1.807) is 26.6 Å². The lowest BCUT2D eigenvalue weighted by Gasteiger charge is -2.07. The fourth-order valence-corrected chi connectivity index (χ4v) is 1.67. The summed E-state index contributed by atoms with van der Waals surface area (Å²) in [6.07, 6.45) is 7.36. The molecule has 19 heavy (non-hydrogen) atoms. The summed E-state index contributed by atoms with van der Waals surface area (Å²) in [6, 6.07) is 0. The summed E-state index contributed by atoms with van der Waals surface area (Å²) in [5.74, 6) is 0.781. The average Bonchev–Trinajstić information content (AvgIpc) is 3.04. The molecule has 0 saturated heterocycles. The molecule has 0 saturated carbocycles. The molecule has 7 nitrogen and oxygen atoms in total. The number of nitrogens with zero attached hydrogens (tertiary/aromatic N) is 4. The van der Waals surface area contributed by atoms with Gasteiger partial charge in [0.2, 0.25) is 5.95 Å². The summed E-state index contributed by atoms with van der Waals surface area (Å²) in [6.45, 7) is 2.79. The lowest BCUT2D eigenvalue weighted by atomic mass is 10.5. The van der Waals surface area contributed by atoms with Gasteiger partial charge in [-0.2, -0.15) is 5.10 Å². The first-order valence-corrected chi connectivity index (χ1v) is 6.12. The van der Waals surface area contributed by atoms with Crippen LogP contribution in [0.1, 0.15) is 0 Å². The molecule has 2 rings (SSSR count). The van der Waals surface area contributed by atoms with Crippen molar-refractivity contribution in [1.29, 1.82) is 0 Å². The molecule has 104 valence electrons. The molecule has 0 atom stereocenters. The Balaban J connectivity index is 1.96. The number of anilines is 2. The van der Waals surface area contributed by atoms with Crippen molar-refractivity contribution in [2.75, 3.05) is 32.8 Å². The first kappa shape index (κ1) is 13.6. The molecule has 0 spiro atoms. The molecule has 2 aromatic heterocycles. The van der Waals surface area contributed by atoms with Crippen molar-refractivity contribution >= 4 is 11.6 Å². The second-order valence-corrected chi connectivity index (χ2v) is 4.05. The highest BCUT2D eigenvalue weighted by atomic mass is 16.5. The Labute approximate surface area is 112 Å². The summed E-state index contributed by atoms with van der Waals surface area (Å²) >= 11 is 0. The van der Waals surface area contributed by atoms with E-state index in [4.69, 9.17) is 9.47 Å². The summed E-state index contributed by atoms with van der Waals surface area (Å²) < 4.78 is 13.9. The Bertz CT molecular complexity index is 494. The van der Waals surface area contributed by atoms with Crippen molar-refractivity contribution in [1.82, 2.24) is 19.3 Å². The van der Waals surface area contributed by atoms with E-state index in [2.05, 4.69) is 15.4 Å². The number of hydrogen-bond acceptors (Lipinski definition) is 5. The fraction of sp³-hybridized carbons (Fsp3) is 0.500. The molecule has 7 heteroatoms. The van der Waals surface area contributed by atoms with E-state index in [1.165, 1.54) is 0 Å². The second kappa shape index (κ2) is 6.91. The number of methoxy groups -OCH3 is 2. The Morgan fingerprint density at radius 2 is 2.00 bits per heavy atom. The molecule has 0 aliphatic carbocycles. The van der Waals surface area contributed by atoms with Crippen LogP contribution in [-0.2, 0) is 22.6 Å². The van der Waals surface area contributed by atoms with Crippen LogP contribution in [0.5, 0.6) is 0 Å². The second-order valence-electron chi connectivity index (χ2n) is 4.05. The Hall–Kier alpha value is -1.86. The van der Waals surface area contributed by atoms with Gasteiger partial charge in [0.15, 0.2) is 0 Å². The summed E-state index contributed by atoms with van der Waals surface area (Å²) in [5, 5.41) is 7.47. The van der Waals surface area contributed by atoms with Gasteiger partial charge in [0.05, 0.1) is 31.6 Å². The smallest absolute Gasteiger partial charge is 0.207 e. The van der Waals surface area contributed by atoms with Crippen molar-refractivity contribution in [3.8, 4) is 0 Å². The quantitative estimate of drug-likeness (QED) is 0.774. The van der Waals surface area contributed by atoms with Gasteiger partial charge < -0.3 is 19.4 Å². The van der Waals surface area contributed by atoms with Crippen molar-refractivity contribution in [2.45, 2.75) is 13.1 Å². The maximum atomic E-state index is 5.06. The first-order valence-electron chi connectivity index (χ1n) is 6.12. The van der Waals surface area contributed by atoms with Crippen molar-refractivity contribution < 1.29 is 9.47 Å². The predicted octanol–water partition coefficient (Wildman–Crippen LogP) is 1.12. The van der Waals surface area contributed by atoms with E-state index in [-0.39, 0.29) is 0 Å². The molecule has 1 N–H and O–H groups in total. The number of nitrogens with one attached hydrogen (secondary N) is 1. The summed E-state index contributed by atoms with van der Waals surface area (Å²) in [4.78, 5) is 4.27. The monoisotopic (exact) mass is 265 g/mol. The lowest BCUT2D eigenvalue weighted by Crippen LogP contribution is -2.07. The van der Waals surface area contributed by atoms with Gasteiger partial charge in [-0.05, 0) is 0 Å². The van der Waals surface area contributed by atoms with Gasteiger partial charge in [0.1, 0.15) is 0 Å². The molecule has 0 radical (unpaired) electrons. The highest BCUT2D eigenvalue weighted by Crippen LogP contribution is 2.13. The maximum Gasteiger partial charge on any atom is 0.207 e. The highest BCUT2D eigenvalue weighted by molar-refractivity contribution is 5.50. The minimum atomic E-state index is 0.642. The number of aromatic nitrogens is 4. The van der Waals surface area contributed by atoms with Crippen LogP contribution in [0.2, 0.25) is 0 Å². The number of ether oxygens (including phenoxy) is 2. The van der Waals surface area contributed by atoms with Crippen molar-refractivity contribution in [3.05, 3.63) is 24.8 Å². The Kier molecular flexibility index (Phi) is 4.93. The molecule has 0 amide bonds. The topological polar surface area (TPSA) is 66.1 Å². The van der Waals surface area contributed by atoms with Crippen LogP contribution in [0.25, 0.3) is 0 Å². The summed E-state index contributed by atoms with van der Waals surface area (Å²) in [7, 11) is 3.36. The van der Waals surface area contributed by atoms with Gasteiger partial charge in [0, 0.05) is 39.4 Å². The normalized spacial score (nSPS) is 10.8. The van der Waals surface area contributed by atoms with Crippen LogP contribution >= 0.6 is 0 Å². The van der Waals surface area contributed by atoms with Crippen molar-refractivity contribution in [2.24, 2.45) is 0 Å². The zero-order chi connectivity index (χ0) is 13.5. The van der Waals surface area contributed by atoms with Crippen LogP contribution in [-0.4, -0.2) is 46.8 Å². The molecule has 0 aliphatic rings. The molecular formula is C12H19N5O2. The van der Waals surface area contributed by atoms with E-state index in [9.17, 15) is 0 Å². The van der Waals surface area contributed by atoms with Gasteiger partial charge in [0.25, 0.3) is 0 Å². The zero-order valence-corrected chi connectivity index (χ0v) is 11.2. The molecule has 0 unspecified atom stereocenters. The Morgan fingerprint density at radius 3 is 2.79 bits per heavy atom. The molecule has 0 fully saturated rings. The molecule has 0 aliphatic heterocycles. The third-order valence-electron chi connectivity index (χ3n) is 2.67. The Morgan fingerprint density at radius 1 is 1.21 bits per heavy atom. The van der Waals surface area contributed by atoms with E-state index in [0.717, 1.165) is 24.7 Å². The SMILES string of the molecule is COCCn1cc(Nc2nccn2CCOC)cn1. The molecular weight excluding hydrogens is 246 g/mol. The third kappa shape index (κ3) is 3.80. The van der Waals surface area contributed by atoms with Crippen LogP contribution < -0.4 is 5.32 Å². The van der Waals surface area contributed by atoms with Gasteiger partial charge >= 0.3 is 0 Å². The predicted molar refractivity (Wildman–Crippen MR) is 71.5 cm³/mol. The lowest BCUT2D eigenvalue weighted by molar-refractivity contribution is 0.183. The zero-order valence-electron chi connectivity index (χ0n) is 11.2. The standard InChI is InChI=1S/C12H19N5O2/c1-18-7-5-16-4-3-13-12(16)15-11-9-14-17(10-11)6-8-19-2/h3-4,9-10H,5-8H2,1-2H3,(H,13,15). The molecule has 2 heterocycles. The van der Waals surface area contributed by atoms with Crippen LogP contribution in [0, 0.1) is 0 Å². The number of rotatable bonds is 8. The fourth-order valence-electron chi connectivity index (χ4n) is 1.67. The minimum Gasteiger partial charge on any atom is -0.383 e.